The van der Waals surface area contributed by atoms with Gasteiger partial charge in [0.05, 0.1) is 36.7 Å². The van der Waals surface area contributed by atoms with Gasteiger partial charge in [0.2, 0.25) is 0 Å². The van der Waals surface area contributed by atoms with Crippen molar-refractivity contribution in [3.05, 3.63) is 52.3 Å². The fraction of sp³-hybridized carbons (Fsp3) is 0.368. The van der Waals surface area contributed by atoms with Crippen molar-refractivity contribution in [3.63, 3.8) is 0 Å². The highest BCUT2D eigenvalue weighted by Gasteiger charge is 2.14. The number of para-hydroxylation sites is 1. The Labute approximate surface area is 158 Å². The Morgan fingerprint density at radius 3 is 2.77 bits per heavy atom. The normalized spacial score (nSPS) is 15.5. The molecule has 1 amide bonds. The second kappa shape index (κ2) is 8.49. The van der Waals surface area contributed by atoms with Gasteiger partial charge in [-0.3, -0.25) is 9.69 Å². The summed E-state index contributed by atoms with van der Waals surface area (Å²) in [6.45, 7) is 7.25. The summed E-state index contributed by atoms with van der Waals surface area (Å²) in [5.41, 5.74) is 6.54. The maximum atomic E-state index is 12.0. The first kappa shape index (κ1) is 18.6. The van der Waals surface area contributed by atoms with Crippen LogP contribution in [-0.2, 0) is 9.53 Å². The van der Waals surface area contributed by atoms with Gasteiger partial charge in [0.1, 0.15) is 0 Å². The van der Waals surface area contributed by atoms with Crippen molar-refractivity contribution < 1.29 is 9.53 Å². The molecule has 1 N–H and O–H groups in total. The number of hydrazone groups is 1. The van der Waals surface area contributed by atoms with Gasteiger partial charge >= 0.3 is 0 Å². The number of aryl methyl sites for hydroxylation is 1. The number of ether oxygens (including phenoxy) is 1. The first-order valence-electron chi connectivity index (χ1n) is 8.62. The van der Waals surface area contributed by atoms with Crippen LogP contribution in [-0.4, -0.2) is 54.4 Å². The third-order valence-corrected chi connectivity index (χ3v) is 4.75. The molecule has 0 atom stereocenters. The van der Waals surface area contributed by atoms with Crippen molar-refractivity contribution in [1.82, 2.24) is 14.9 Å². The molecule has 26 heavy (non-hydrogen) atoms. The summed E-state index contributed by atoms with van der Waals surface area (Å²) in [6.07, 6.45) is 1.67. The fourth-order valence-electron chi connectivity index (χ4n) is 3.09. The number of carbonyl (C=O) groups excluding carboxylic acids is 1. The van der Waals surface area contributed by atoms with E-state index in [-0.39, 0.29) is 5.91 Å². The standard InChI is InChI=1S/C19H23ClN4O2/c1-14-11-16(15(2)24(14)18-6-4-3-5-17(18)20)12-21-22-19(25)13-23-7-9-26-10-8-23/h3-6,11-12H,7-10,13H2,1-2H3,(H,22,25)/b21-12-. The molecule has 0 saturated carbocycles. The molecule has 7 heteroatoms. The Morgan fingerprint density at radius 1 is 1.31 bits per heavy atom. The molecule has 1 aromatic carbocycles. The zero-order valence-electron chi connectivity index (χ0n) is 15.0. The van der Waals surface area contributed by atoms with Gasteiger partial charge in [0.25, 0.3) is 5.91 Å². The van der Waals surface area contributed by atoms with E-state index in [4.69, 9.17) is 16.3 Å². The second-order valence-corrected chi connectivity index (χ2v) is 6.70. The molecule has 6 nitrogen and oxygen atoms in total. The lowest BCUT2D eigenvalue weighted by atomic mass is 10.2. The highest BCUT2D eigenvalue weighted by molar-refractivity contribution is 6.32. The smallest absolute Gasteiger partial charge is 0.254 e. The largest absolute Gasteiger partial charge is 0.379 e. The zero-order chi connectivity index (χ0) is 18.5. The van der Waals surface area contributed by atoms with Gasteiger partial charge in [0, 0.05) is 30.0 Å². The summed E-state index contributed by atoms with van der Waals surface area (Å²) in [5.74, 6) is -0.122. The summed E-state index contributed by atoms with van der Waals surface area (Å²) in [4.78, 5) is 14.0. The minimum atomic E-state index is -0.122. The van der Waals surface area contributed by atoms with E-state index in [1.165, 1.54) is 0 Å². The van der Waals surface area contributed by atoms with E-state index in [1.807, 2.05) is 44.2 Å². The Balaban J connectivity index is 1.67. The summed E-state index contributed by atoms with van der Waals surface area (Å²) >= 11 is 6.33. The van der Waals surface area contributed by atoms with Gasteiger partial charge in [0.15, 0.2) is 0 Å². The summed E-state index contributed by atoms with van der Waals surface area (Å²) in [5, 5.41) is 4.80. The number of hydrogen-bond donors (Lipinski definition) is 1. The predicted octanol–water partition coefficient (Wildman–Crippen LogP) is 2.53. The van der Waals surface area contributed by atoms with Gasteiger partial charge < -0.3 is 9.30 Å². The number of aromatic nitrogens is 1. The van der Waals surface area contributed by atoms with Gasteiger partial charge in [-0.2, -0.15) is 5.10 Å². The number of carbonyl (C=O) groups is 1. The Hall–Kier alpha value is -2.15. The summed E-state index contributed by atoms with van der Waals surface area (Å²) in [6, 6.07) is 9.74. The van der Waals surface area contributed by atoms with Gasteiger partial charge in [-0.15, -0.1) is 0 Å². The molecule has 0 radical (unpaired) electrons. The van der Waals surface area contributed by atoms with Crippen LogP contribution in [0.3, 0.4) is 0 Å². The molecule has 1 aliphatic rings. The lowest BCUT2D eigenvalue weighted by Crippen LogP contribution is -2.42. The van der Waals surface area contributed by atoms with E-state index in [0.29, 0.717) is 24.8 Å². The van der Waals surface area contributed by atoms with Crippen molar-refractivity contribution >= 4 is 23.7 Å². The monoisotopic (exact) mass is 374 g/mol. The molecule has 0 unspecified atom stereocenters. The van der Waals surface area contributed by atoms with E-state index in [2.05, 4.69) is 20.0 Å². The highest BCUT2D eigenvalue weighted by Crippen LogP contribution is 2.25. The number of amides is 1. The van der Waals surface area contributed by atoms with Crippen LogP contribution in [0.1, 0.15) is 17.0 Å². The predicted molar refractivity (Wildman–Crippen MR) is 103 cm³/mol. The van der Waals surface area contributed by atoms with Crippen molar-refractivity contribution in [3.8, 4) is 5.69 Å². The molecule has 0 spiro atoms. The van der Waals surface area contributed by atoms with Crippen LogP contribution in [0.5, 0.6) is 0 Å². The molecule has 0 aliphatic carbocycles. The van der Waals surface area contributed by atoms with Crippen LogP contribution in [0, 0.1) is 13.8 Å². The van der Waals surface area contributed by atoms with E-state index >= 15 is 0 Å². The van der Waals surface area contributed by atoms with Crippen LogP contribution in [0.2, 0.25) is 5.02 Å². The maximum Gasteiger partial charge on any atom is 0.254 e. The van der Waals surface area contributed by atoms with E-state index < -0.39 is 0 Å². The van der Waals surface area contributed by atoms with Gasteiger partial charge in [-0.1, -0.05) is 23.7 Å². The molecular weight excluding hydrogens is 352 g/mol. The Kier molecular flexibility index (Phi) is 6.08. The average molecular weight is 375 g/mol. The molecule has 1 aromatic heterocycles. The number of hydrogen-bond acceptors (Lipinski definition) is 4. The van der Waals surface area contributed by atoms with E-state index in [0.717, 1.165) is 35.7 Å². The third-order valence-electron chi connectivity index (χ3n) is 4.43. The van der Waals surface area contributed by atoms with Crippen LogP contribution in [0.4, 0.5) is 0 Å². The highest BCUT2D eigenvalue weighted by atomic mass is 35.5. The molecule has 3 rings (SSSR count). The molecule has 0 bridgehead atoms. The van der Waals surface area contributed by atoms with Crippen LogP contribution in [0.25, 0.3) is 5.69 Å². The molecule has 1 fully saturated rings. The Morgan fingerprint density at radius 2 is 2.04 bits per heavy atom. The molecule has 1 aliphatic heterocycles. The number of nitrogens with zero attached hydrogens (tertiary/aromatic N) is 3. The van der Waals surface area contributed by atoms with Crippen molar-refractivity contribution in [2.75, 3.05) is 32.8 Å². The lowest BCUT2D eigenvalue weighted by Gasteiger charge is -2.25. The van der Waals surface area contributed by atoms with Crippen LogP contribution in [0.15, 0.2) is 35.4 Å². The molecule has 1 saturated heterocycles. The number of nitrogens with one attached hydrogen (secondary N) is 1. The first-order chi connectivity index (χ1) is 12.6. The van der Waals surface area contributed by atoms with Crippen LogP contribution < -0.4 is 5.43 Å². The van der Waals surface area contributed by atoms with Crippen molar-refractivity contribution in [2.24, 2.45) is 5.10 Å². The third kappa shape index (κ3) is 4.33. The summed E-state index contributed by atoms with van der Waals surface area (Å²) < 4.78 is 7.36. The zero-order valence-corrected chi connectivity index (χ0v) is 15.8. The topological polar surface area (TPSA) is 58.9 Å². The number of rotatable bonds is 5. The second-order valence-electron chi connectivity index (χ2n) is 6.29. The molecule has 138 valence electrons. The SMILES string of the molecule is Cc1cc(/C=N\NC(=O)CN2CCOCC2)c(C)n1-c1ccccc1Cl. The maximum absolute atomic E-state index is 12.0. The van der Waals surface area contributed by atoms with Crippen molar-refractivity contribution in [1.29, 1.82) is 0 Å². The van der Waals surface area contributed by atoms with E-state index in [1.54, 1.807) is 6.21 Å². The van der Waals surface area contributed by atoms with E-state index in [9.17, 15) is 4.79 Å². The van der Waals surface area contributed by atoms with Gasteiger partial charge in [-0.25, -0.2) is 5.43 Å². The average Bonchev–Trinajstić information content (AvgIpc) is 2.90. The van der Waals surface area contributed by atoms with Crippen LogP contribution >= 0.6 is 11.6 Å². The minimum absolute atomic E-state index is 0.122. The number of morpholine rings is 1. The fourth-order valence-corrected chi connectivity index (χ4v) is 3.31. The number of benzene rings is 1. The Bertz CT molecular complexity index is 810. The lowest BCUT2D eigenvalue weighted by molar-refractivity contribution is -0.123. The minimum Gasteiger partial charge on any atom is -0.379 e. The molecule has 2 aromatic rings. The number of halogens is 1. The first-order valence-corrected chi connectivity index (χ1v) is 9.00. The summed E-state index contributed by atoms with van der Waals surface area (Å²) in [7, 11) is 0. The molecule has 2 heterocycles. The molecular formula is C19H23ClN4O2. The van der Waals surface area contributed by atoms with Gasteiger partial charge in [-0.05, 0) is 32.0 Å². The quantitative estimate of drug-likeness (QED) is 0.646. The van der Waals surface area contributed by atoms with Crippen molar-refractivity contribution in [2.45, 2.75) is 13.8 Å².